The number of nitrogens with two attached hydrogens (primary N) is 1. The van der Waals surface area contributed by atoms with E-state index in [0.29, 0.717) is 10.7 Å². The number of nitrogen functional groups attached to an aromatic ring is 1. The molecule has 1 aromatic heterocycles. The summed E-state index contributed by atoms with van der Waals surface area (Å²) in [6, 6.07) is 4.49. The average Bonchev–Trinajstić information content (AvgIpc) is 2.26. The van der Waals surface area contributed by atoms with Crippen LogP contribution in [0.3, 0.4) is 0 Å². The Balaban J connectivity index is 2.13. The van der Waals surface area contributed by atoms with Gasteiger partial charge in [0.15, 0.2) is 5.16 Å². The first kappa shape index (κ1) is 12.6. The second-order valence-corrected chi connectivity index (χ2v) is 4.46. The zero-order valence-corrected chi connectivity index (χ0v) is 9.93. The van der Waals surface area contributed by atoms with Crippen molar-refractivity contribution < 1.29 is 8.78 Å². The number of aromatic nitrogens is 2. The van der Waals surface area contributed by atoms with Crippen LogP contribution in [0.15, 0.2) is 34.2 Å². The molecule has 0 unspecified atom stereocenters. The Morgan fingerprint density at radius 1 is 1.33 bits per heavy atom. The maximum atomic E-state index is 13.3. The molecule has 0 amide bonds. The van der Waals surface area contributed by atoms with E-state index < -0.39 is 11.6 Å². The SMILES string of the molecule is Nc1cc(=O)[nH]c(SCc2ccc(F)cc2F)n1. The van der Waals surface area contributed by atoms with Gasteiger partial charge in [0.2, 0.25) is 0 Å². The van der Waals surface area contributed by atoms with Crippen LogP contribution in [0.1, 0.15) is 5.56 Å². The van der Waals surface area contributed by atoms with Crippen molar-refractivity contribution in [2.75, 3.05) is 5.73 Å². The fourth-order valence-corrected chi connectivity index (χ4v) is 2.18. The number of anilines is 1. The Morgan fingerprint density at radius 2 is 2.11 bits per heavy atom. The summed E-state index contributed by atoms with van der Waals surface area (Å²) in [4.78, 5) is 17.5. The van der Waals surface area contributed by atoms with Gasteiger partial charge in [-0.1, -0.05) is 17.8 Å². The van der Waals surface area contributed by atoms with Gasteiger partial charge in [0, 0.05) is 17.9 Å². The number of benzene rings is 1. The fourth-order valence-electron chi connectivity index (χ4n) is 1.31. The topological polar surface area (TPSA) is 71.8 Å². The van der Waals surface area contributed by atoms with Crippen LogP contribution in [0.2, 0.25) is 0 Å². The number of rotatable bonds is 3. The van der Waals surface area contributed by atoms with Crippen molar-refractivity contribution in [2.45, 2.75) is 10.9 Å². The van der Waals surface area contributed by atoms with Gasteiger partial charge in [0.25, 0.3) is 5.56 Å². The Morgan fingerprint density at radius 3 is 2.78 bits per heavy atom. The minimum atomic E-state index is -0.631. The van der Waals surface area contributed by atoms with Gasteiger partial charge in [-0.15, -0.1) is 0 Å². The van der Waals surface area contributed by atoms with Crippen LogP contribution in [0.4, 0.5) is 14.6 Å². The molecule has 2 aromatic rings. The summed E-state index contributed by atoms with van der Waals surface area (Å²) in [5.41, 5.74) is 5.36. The number of hydrogen-bond acceptors (Lipinski definition) is 4. The molecule has 18 heavy (non-hydrogen) atoms. The van der Waals surface area contributed by atoms with Crippen LogP contribution in [-0.2, 0) is 5.75 Å². The van der Waals surface area contributed by atoms with Gasteiger partial charge in [0.1, 0.15) is 17.5 Å². The molecule has 0 saturated carbocycles. The minimum Gasteiger partial charge on any atom is -0.383 e. The number of nitrogens with zero attached hydrogens (tertiary/aromatic N) is 1. The first-order valence-corrected chi connectivity index (χ1v) is 5.97. The van der Waals surface area contributed by atoms with Crippen LogP contribution in [0, 0.1) is 11.6 Å². The lowest BCUT2D eigenvalue weighted by Gasteiger charge is -2.03. The summed E-state index contributed by atoms with van der Waals surface area (Å²) in [5.74, 6) is -0.940. The van der Waals surface area contributed by atoms with Crippen molar-refractivity contribution in [1.82, 2.24) is 9.97 Å². The molecular formula is C11H9F2N3OS. The molecule has 0 aliphatic rings. The number of halogens is 2. The molecule has 0 spiro atoms. The highest BCUT2D eigenvalue weighted by molar-refractivity contribution is 7.98. The van der Waals surface area contributed by atoms with E-state index in [9.17, 15) is 13.6 Å². The quantitative estimate of drug-likeness (QED) is 0.659. The lowest BCUT2D eigenvalue weighted by molar-refractivity contribution is 0.576. The van der Waals surface area contributed by atoms with Crippen molar-refractivity contribution >= 4 is 17.6 Å². The summed E-state index contributed by atoms with van der Waals surface area (Å²) in [7, 11) is 0. The minimum absolute atomic E-state index is 0.0980. The van der Waals surface area contributed by atoms with Gasteiger partial charge >= 0.3 is 0 Å². The molecule has 2 rings (SSSR count). The van der Waals surface area contributed by atoms with Gasteiger partial charge < -0.3 is 10.7 Å². The van der Waals surface area contributed by atoms with Gasteiger partial charge in [0.05, 0.1) is 0 Å². The molecular weight excluding hydrogens is 260 g/mol. The molecule has 0 atom stereocenters. The highest BCUT2D eigenvalue weighted by Gasteiger charge is 2.06. The van der Waals surface area contributed by atoms with Crippen LogP contribution in [-0.4, -0.2) is 9.97 Å². The molecule has 7 heteroatoms. The maximum absolute atomic E-state index is 13.3. The molecule has 0 bridgehead atoms. The molecule has 0 aliphatic carbocycles. The van der Waals surface area contributed by atoms with Crippen molar-refractivity contribution in [3.8, 4) is 0 Å². The summed E-state index contributed by atoms with van der Waals surface area (Å²) < 4.78 is 26.0. The van der Waals surface area contributed by atoms with E-state index in [4.69, 9.17) is 5.73 Å². The molecule has 4 nitrogen and oxygen atoms in total. The number of H-pyrrole nitrogens is 1. The molecule has 0 fully saturated rings. The van der Waals surface area contributed by atoms with Crippen molar-refractivity contribution in [1.29, 1.82) is 0 Å². The highest BCUT2D eigenvalue weighted by Crippen LogP contribution is 2.21. The van der Waals surface area contributed by atoms with Crippen LogP contribution < -0.4 is 11.3 Å². The normalized spacial score (nSPS) is 10.6. The fraction of sp³-hybridized carbons (Fsp3) is 0.0909. The Labute approximate surface area is 105 Å². The zero-order chi connectivity index (χ0) is 13.1. The summed E-state index contributed by atoms with van der Waals surface area (Å²) in [6.07, 6.45) is 0. The van der Waals surface area contributed by atoms with E-state index in [1.807, 2.05) is 0 Å². The van der Waals surface area contributed by atoms with E-state index in [1.54, 1.807) is 0 Å². The predicted molar refractivity (Wildman–Crippen MR) is 65.2 cm³/mol. The maximum Gasteiger partial charge on any atom is 0.253 e. The van der Waals surface area contributed by atoms with Crippen molar-refractivity contribution in [3.63, 3.8) is 0 Å². The monoisotopic (exact) mass is 269 g/mol. The van der Waals surface area contributed by atoms with E-state index in [0.717, 1.165) is 23.9 Å². The molecule has 0 aliphatic heterocycles. The van der Waals surface area contributed by atoms with E-state index in [2.05, 4.69) is 9.97 Å². The molecule has 3 N–H and O–H groups in total. The molecule has 94 valence electrons. The van der Waals surface area contributed by atoms with Gasteiger partial charge in [-0.3, -0.25) is 4.79 Å². The van der Waals surface area contributed by atoms with Crippen molar-refractivity contribution in [2.24, 2.45) is 0 Å². The third-order valence-corrected chi connectivity index (χ3v) is 3.04. The lowest BCUT2D eigenvalue weighted by atomic mass is 10.2. The Kier molecular flexibility index (Phi) is 3.61. The van der Waals surface area contributed by atoms with Crippen LogP contribution in [0.5, 0.6) is 0 Å². The van der Waals surface area contributed by atoms with Crippen molar-refractivity contribution in [3.05, 3.63) is 51.8 Å². The van der Waals surface area contributed by atoms with Gasteiger partial charge in [-0.2, -0.15) is 0 Å². The predicted octanol–water partition coefficient (Wildman–Crippen LogP) is 1.92. The summed E-state index contributed by atoms with van der Waals surface area (Å²) in [6.45, 7) is 0. The number of thioether (sulfide) groups is 1. The zero-order valence-electron chi connectivity index (χ0n) is 9.11. The summed E-state index contributed by atoms with van der Waals surface area (Å²) >= 11 is 1.11. The second-order valence-electron chi connectivity index (χ2n) is 3.50. The Hall–Kier alpha value is -1.89. The lowest BCUT2D eigenvalue weighted by Crippen LogP contribution is -2.09. The second kappa shape index (κ2) is 5.18. The van der Waals surface area contributed by atoms with Crippen LogP contribution in [0.25, 0.3) is 0 Å². The Bertz CT molecular complexity index is 630. The molecule has 0 radical (unpaired) electrons. The number of nitrogens with one attached hydrogen (secondary N) is 1. The third kappa shape index (κ3) is 3.07. The third-order valence-electron chi connectivity index (χ3n) is 2.12. The van der Waals surface area contributed by atoms with Gasteiger partial charge in [-0.05, 0) is 11.6 Å². The number of aromatic amines is 1. The molecule has 0 saturated heterocycles. The first-order valence-electron chi connectivity index (χ1n) is 4.98. The smallest absolute Gasteiger partial charge is 0.253 e. The van der Waals surface area contributed by atoms with Crippen LogP contribution >= 0.6 is 11.8 Å². The standard InChI is InChI=1S/C11H9F2N3OS/c12-7-2-1-6(8(13)3-7)5-18-11-15-9(14)4-10(17)16-11/h1-4H,5H2,(H3,14,15,16,17). The first-order chi connectivity index (χ1) is 8.54. The summed E-state index contributed by atoms with van der Waals surface area (Å²) in [5, 5.41) is 0.295. The van der Waals surface area contributed by atoms with Gasteiger partial charge in [-0.25, -0.2) is 13.8 Å². The average molecular weight is 269 g/mol. The largest absolute Gasteiger partial charge is 0.383 e. The van der Waals surface area contributed by atoms with E-state index >= 15 is 0 Å². The highest BCUT2D eigenvalue weighted by atomic mass is 32.2. The van der Waals surface area contributed by atoms with E-state index in [1.165, 1.54) is 12.1 Å². The molecule has 1 aromatic carbocycles. The number of hydrogen-bond donors (Lipinski definition) is 2. The molecule has 1 heterocycles. The van der Waals surface area contributed by atoms with E-state index in [-0.39, 0.29) is 17.1 Å².